The Morgan fingerprint density at radius 2 is 2.15 bits per heavy atom. The van der Waals surface area contributed by atoms with Crippen LogP contribution in [-0.2, 0) is 4.74 Å². The van der Waals surface area contributed by atoms with Gasteiger partial charge in [-0.1, -0.05) is 6.42 Å². The summed E-state index contributed by atoms with van der Waals surface area (Å²) < 4.78 is 4.98. The predicted octanol–water partition coefficient (Wildman–Crippen LogP) is 3.39. The van der Waals surface area contributed by atoms with Crippen LogP contribution in [0.15, 0.2) is 18.2 Å². The smallest absolute Gasteiger partial charge is 0.338 e. The molecule has 0 atom stereocenters. The minimum atomic E-state index is -0.310. The van der Waals surface area contributed by atoms with Crippen molar-refractivity contribution in [3.05, 3.63) is 23.8 Å². The van der Waals surface area contributed by atoms with Crippen molar-refractivity contribution in [2.75, 3.05) is 36.2 Å². The van der Waals surface area contributed by atoms with Crippen LogP contribution in [0.4, 0.5) is 11.4 Å². The van der Waals surface area contributed by atoms with Crippen LogP contribution in [0.25, 0.3) is 0 Å². The van der Waals surface area contributed by atoms with Crippen LogP contribution in [0.2, 0.25) is 0 Å². The van der Waals surface area contributed by atoms with Crippen LogP contribution in [-0.4, -0.2) is 31.1 Å². The molecule has 0 spiro atoms. The van der Waals surface area contributed by atoms with E-state index in [2.05, 4.69) is 11.6 Å². The van der Waals surface area contributed by atoms with Crippen LogP contribution in [0.3, 0.4) is 0 Å². The number of nitrogens with two attached hydrogens (primary N) is 1. The molecule has 0 aliphatic heterocycles. The number of ether oxygens (including phenoxy) is 1. The maximum absolute atomic E-state index is 11.7. The average Bonchev–Trinajstić information content (AvgIpc) is 2.44. The number of carbonyl (C=O) groups excluding carboxylic acids is 1. The van der Waals surface area contributed by atoms with Crippen LogP contribution < -0.4 is 11.1 Å². The van der Waals surface area contributed by atoms with Crippen LogP contribution in [0.1, 0.15) is 36.5 Å². The van der Waals surface area contributed by atoms with Gasteiger partial charge in [0.05, 0.1) is 23.5 Å². The van der Waals surface area contributed by atoms with E-state index in [1.807, 2.05) is 11.8 Å². The van der Waals surface area contributed by atoms with Crippen molar-refractivity contribution in [1.82, 2.24) is 0 Å². The van der Waals surface area contributed by atoms with Gasteiger partial charge in [-0.15, -0.1) is 0 Å². The number of thioether (sulfide) groups is 1. The first-order valence-corrected chi connectivity index (χ1v) is 8.38. The molecule has 0 fully saturated rings. The number of carbonyl (C=O) groups is 1. The number of nitrogen functional groups attached to an aromatic ring is 1. The van der Waals surface area contributed by atoms with E-state index in [4.69, 9.17) is 10.5 Å². The van der Waals surface area contributed by atoms with E-state index in [9.17, 15) is 4.79 Å². The third-order valence-corrected chi connectivity index (χ3v) is 3.60. The third-order valence-electron chi connectivity index (χ3n) is 2.91. The Balaban J connectivity index is 2.48. The van der Waals surface area contributed by atoms with Crippen molar-refractivity contribution in [3.63, 3.8) is 0 Å². The number of esters is 1. The van der Waals surface area contributed by atoms with E-state index in [0.29, 0.717) is 17.9 Å². The Morgan fingerprint density at radius 1 is 1.35 bits per heavy atom. The molecule has 0 aliphatic carbocycles. The maximum atomic E-state index is 11.7. The molecule has 0 saturated carbocycles. The fourth-order valence-electron chi connectivity index (χ4n) is 1.82. The van der Waals surface area contributed by atoms with Gasteiger partial charge in [0.15, 0.2) is 0 Å². The molecule has 0 radical (unpaired) electrons. The molecular formula is C15H24N2O2S. The van der Waals surface area contributed by atoms with Gasteiger partial charge < -0.3 is 15.8 Å². The zero-order valence-corrected chi connectivity index (χ0v) is 13.1. The molecule has 0 heterocycles. The fourth-order valence-corrected chi connectivity index (χ4v) is 2.31. The Bertz CT molecular complexity index is 424. The first kappa shape index (κ1) is 16.7. The molecule has 5 heteroatoms. The molecule has 1 aromatic carbocycles. The lowest BCUT2D eigenvalue weighted by Crippen LogP contribution is -2.08. The van der Waals surface area contributed by atoms with Crippen molar-refractivity contribution in [1.29, 1.82) is 0 Å². The first-order valence-electron chi connectivity index (χ1n) is 6.98. The average molecular weight is 296 g/mol. The summed E-state index contributed by atoms with van der Waals surface area (Å²) in [6, 6.07) is 5.19. The second kappa shape index (κ2) is 9.53. The van der Waals surface area contributed by atoms with Crippen molar-refractivity contribution >= 4 is 29.1 Å². The first-order chi connectivity index (χ1) is 9.69. The summed E-state index contributed by atoms with van der Waals surface area (Å²) in [6.07, 6.45) is 5.66. The summed E-state index contributed by atoms with van der Waals surface area (Å²) in [7, 11) is 0. The maximum Gasteiger partial charge on any atom is 0.338 e. The zero-order valence-electron chi connectivity index (χ0n) is 12.3. The topological polar surface area (TPSA) is 64.3 Å². The van der Waals surface area contributed by atoms with E-state index < -0.39 is 0 Å². The van der Waals surface area contributed by atoms with E-state index in [1.54, 1.807) is 25.1 Å². The molecule has 0 aliphatic rings. The van der Waals surface area contributed by atoms with Crippen LogP contribution in [0, 0.1) is 0 Å². The second-order valence-electron chi connectivity index (χ2n) is 4.50. The highest BCUT2D eigenvalue weighted by Crippen LogP contribution is 2.20. The van der Waals surface area contributed by atoms with Gasteiger partial charge in [0.2, 0.25) is 0 Å². The standard InChI is InChI=1S/C15H24N2O2S/c1-3-19-15(18)12-7-8-13(16)14(11-12)17-9-5-4-6-10-20-2/h7-8,11,17H,3-6,9-10,16H2,1-2H3. The van der Waals surface area contributed by atoms with Crippen molar-refractivity contribution in [3.8, 4) is 0 Å². The summed E-state index contributed by atoms with van der Waals surface area (Å²) in [4.78, 5) is 11.7. The zero-order chi connectivity index (χ0) is 14.8. The number of anilines is 2. The van der Waals surface area contributed by atoms with Crippen molar-refractivity contribution in [2.24, 2.45) is 0 Å². The molecular weight excluding hydrogens is 272 g/mol. The molecule has 112 valence electrons. The molecule has 0 amide bonds. The SMILES string of the molecule is CCOC(=O)c1ccc(N)c(NCCCCCSC)c1. The van der Waals surface area contributed by atoms with Gasteiger partial charge in [0, 0.05) is 6.54 Å². The van der Waals surface area contributed by atoms with Crippen LogP contribution in [0.5, 0.6) is 0 Å². The summed E-state index contributed by atoms with van der Waals surface area (Å²) in [6.45, 7) is 3.04. The van der Waals surface area contributed by atoms with E-state index in [0.717, 1.165) is 18.7 Å². The van der Waals surface area contributed by atoms with Gasteiger partial charge in [-0.05, 0) is 50.0 Å². The quantitative estimate of drug-likeness (QED) is 0.415. The van der Waals surface area contributed by atoms with Gasteiger partial charge in [-0.25, -0.2) is 4.79 Å². The van der Waals surface area contributed by atoms with E-state index in [1.165, 1.54) is 18.6 Å². The Labute approximate surface area is 125 Å². The molecule has 0 aromatic heterocycles. The van der Waals surface area contributed by atoms with E-state index >= 15 is 0 Å². The number of rotatable bonds is 9. The molecule has 0 saturated heterocycles. The van der Waals surface area contributed by atoms with Gasteiger partial charge in [0.1, 0.15) is 0 Å². The number of hydrogen-bond donors (Lipinski definition) is 2. The predicted molar refractivity (Wildman–Crippen MR) is 87.5 cm³/mol. The monoisotopic (exact) mass is 296 g/mol. The molecule has 4 nitrogen and oxygen atoms in total. The highest BCUT2D eigenvalue weighted by Gasteiger charge is 2.08. The van der Waals surface area contributed by atoms with Gasteiger partial charge in [-0.2, -0.15) is 11.8 Å². The lowest BCUT2D eigenvalue weighted by atomic mass is 10.1. The lowest BCUT2D eigenvalue weighted by molar-refractivity contribution is 0.0526. The van der Waals surface area contributed by atoms with Gasteiger partial charge in [0.25, 0.3) is 0 Å². The van der Waals surface area contributed by atoms with Gasteiger partial charge in [-0.3, -0.25) is 0 Å². The number of benzene rings is 1. The molecule has 1 rings (SSSR count). The third kappa shape index (κ3) is 5.74. The van der Waals surface area contributed by atoms with Crippen LogP contribution >= 0.6 is 11.8 Å². The fraction of sp³-hybridized carbons (Fsp3) is 0.533. The number of unbranched alkanes of at least 4 members (excludes halogenated alkanes) is 2. The molecule has 20 heavy (non-hydrogen) atoms. The molecule has 1 aromatic rings. The number of hydrogen-bond acceptors (Lipinski definition) is 5. The number of nitrogens with one attached hydrogen (secondary N) is 1. The van der Waals surface area contributed by atoms with E-state index in [-0.39, 0.29) is 5.97 Å². The minimum Gasteiger partial charge on any atom is -0.462 e. The Kier molecular flexibility index (Phi) is 7.95. The summed E-state index contributed by atoms with van der Waals surface area (Å²) >= 11 is 1.88. The van der Waals surface area contributed by atoms with Gasteiger partial charge >= 0.3 is 5.97 Å². The Morgan fingerprint density at radius 3 is 2.85 bits per heavy atom. The summed E-state index contributed by atoms with van der Waals surface area (Å²) in [5.74, 6) is 0.899. The van der Waals surface area contributed by atoms with Crippen molar-refractivity contribution < 1.29 is 9.53 Å². The normalized spacial score (nSPS) is 10.3. The molecule has 0 bridgehead atoms. The molecule has 0 unspecified atom stereocenters. The highest BCUT2D eigenvalue weighted by molar-refractivity contribution is 7.98. The Hall–Kier alpha value is -1.36. The summed E-state index contributed by atoms with van der Waals surface area (Å²) in [5.41, 5.74) is 7.90. The summed E-state index contributed by atoms with van der Waals surface area (Å²) in [5, 5.41) is 3.29. The minimum absolute atomic E-state index is 0.310. The highest BCUT2D eigenvalue weighted by atomic mass is 32.2. The largest absolute Gasteiger partial charge is 0.462 e. The molecule has 3 N–H and O–H groups in total. The lowest BCUT2D eigenvalue weighted by Gasteiger charge is -2.11. The second-order valence-corrected chi connectivity index (χ2v) is 5.49. The van der Waals surface area contributed by atoms with Crippen molar-refractivity contribution in [2.45, 2.75) is 26.2 Å².